The van der Waals surface area contributed by atoms with Crippen molar-refractivity contribution in [3.05, 3.63) is 35.8 Å². The van der Waals surface area contributed by atoms with Crippen LogP contribution in [0.4, 0.5) is 4.39 Å². The number of nitrogens with one attached hydrogen (secondary N) is 2. The average molecular weight is 333 g/mol. The molecule has 1 aromatic heterocycles. The number of H-pyrrole nitrogens is 1. The van der Waals surface area contributed by atoms with Crippen molar-refractivity contribution in [3.8, 4) is 0 Å². The third-order valence-corrected chi connectivity index (χ3v) is 4.54. The average Bonchev–Trinajstić information content (AvgIpc) is 2.91. The minimum Gasteiger partial charge on any atom is -0.480 e. The molecule has 1 aromatic carbocycles. The van der Waals surface area contributed by atoms with Crippen molar-refractivity contribution in [2.45, 2.75) is 31.8 Å². The fraction of sp³-hybridized carbons (Fsp3) is 0.412. The third kappa shape index (κ3) is 3.41. The Balaban J connectivity index is 1.57. The summed E-state index contributed by atoms with van der Waals surface area (Å²) in [6, 6.07) is 6.19. The van der Waals surface area contributed by atoms with Crippen LogP contribution in [0.15, 0.2) is 24.3 Å². The van der Waals surface area contributed by atoms with E-state index in [0.29, 0.717) is 23.1 Å². The summed E-state index contributed by atoms with van der Waals surface area (Å²) in [7, 11) is 0. The van der Waals surface area contributed by atoms with Crippen LogP contribution in [0.25, 0.3) is 10.9 Å². The quantitative estimate of drug-likeness (QED) is 0.754. The molecule has 6 nitrogen and oxygen atoms in total. The molecule has 24 heavy (non-hydrogen) atoms. The lowest BCUT2D eigenvalue weighted by Crippen LogP contribution is -2.54. The van der Waals surface area contributed by atoms with Crippen LogP contribution in [0.1, 0.15) is 30.3 Å². The van der Waals surface area contributed by atoms with Gasteiger partial charge in [0.1, 0.15) is 11.5 Å². The summed E-state index contributed by atoms with van der Waals surface area (Å²) in [5.41, 5.74) is 1.11. The lowest BCUT2D eigenvalue weighted by atomic mass is 9.85. The van der Waals surface area contributed by atoms with Crippen molar-refractivity contribution < 1.29 is 19.1 Å². The van der Waals surface area contributed by atoms with E-state index in [4.69, 9.17) is 5.11 Å². The summed E-state index contributed by atoms with van der Waals surface area (Å²) in [6.45, 7) is 2.62. The van der Waals surface area contributed by atoms with Crippen LogP contribution in [0.3, 0.4) is 0 Å². The van der Waals surface area contributed by atoms with E-state index in [1.807, 2.05) is 11.8 Å². The van der Waals surface area contributed by atoms with Gasteiger partial charge in [-0.1, -0.05) is 6.92 Å². The van der Waals surface area contributed by atoms with E-state index in [0.717, 1.165) is 12.8 Å². The zero-order valence-electron chi connectivity index (χ0n) is 13.4. The third-order valence-electron chi connectivity index (χ3n) is 4.54. The predicted octanol–water partition coefficient (Wildman–Crippen LogP) is 1.97. The fourth-order valence-corrected chi connectivity index (χ4v) is 3.17. The second-order valence-corrected chi connectivity index (χ2v) is 6.17. The summed E-state index contributed by atoms with van der Waals surface area (Å²) in [6.07, 6.45) is 1.48. The summed E-state index contributed by atoms with van der Waals surface area (Å²) >= 11 is 0. The molecule has 0 bridgehead atoms. The van der Waals surface area contributed by atoms with Crippen LogP contribution in [0.2, 0.25) is 0 Å². The molecular weight excluding hydrogens is 313 g/mol. The molecule has 1 heterocycles. The van der Waals surface area contributed by atoms with E-state index in [2.05, 4.69) is 10.3 Å². The molecule has 0 spiro atoms. The van der Waals surface area contributed by atoms with Crippen molar-refractivity contribution in [2.24, 2.45) is 0 Å². The van der Waals surface area contributed by atoms with E-state index in [-0.39, 0.29) is 30.4 Å². The zero-order chi connectivity index (χ0) is 17.3. The lowest BCUT2D eigenvalue weighted by molar-refractivity contribution is -0.139. The number of carboxylic acids is 1. The topological polar surface area (TPSA) is 85.4 Å². The fourth-order valence-electron chi connectivity index (χ4n) is 3.17. The van der Waals surface area contributed by atoms with Gasteiger partial charge >= 0.3 is 5.97 Å². The number of benzene rings is 1. The van der Waals surface area contributed by atoms with Gasteiger partial charge in [-0.2, -0.15) is 0 Å². The Morgan fingerprint density at radius 3 is 2.79 bits per heavy atom. The highest BCUT2D eigenvalue weighted by molar-refractivity contribution is 5.98. The highest BCUT2D eigenvalue weighted by Gasteiger charge is 2.34. The van der Waals surface area contributed by atoms with Gasteiger partial charge in [0.05, 0.1) is 6.54 Å². The molecule has 3 N–H and O–H groups in total. The molecule has 0 atom stereocenters. The summed E-state index contributed by atoms with van der Waals surface area (Å²) in [4.78, 5) is 28.0. The van der Waals surface area contributed by atoms with E-state index < -0.39 is 5.97 Å². The van der Waals surface area contributed by atoms with Gasteiger partial charge in [0.25, 0.3) is 5.91 Å². The van der Waals surface area contributed by atoms with Gasteiger partial charge < -0.3 is 15.4 Å². The van der Waals surface area contributed by atoms with E-state index >= 15 is 0 Å². The maximum Gasteiger partial charge on any atom is 0.317 e. The molecule has 1 fully saturated rings. The normalized spacial score (nSPS) is 20.1. The van der Waals surface area contributed by atoms with Crippen molar-refractivity contribution in [3.63, 3.8) is 0 Å². The number of amides is 1. The molecule has 0 radical (unpaired) electrons. The number of aromatic nitrogens is 1. The Hall–Kier alpha value is -2.41. The molecule has 1 amide bonds. The first-order valence-electron chi connectivity index (χ1n) is 8.01. The largest absolute Gasteiger partial charge is 0.480 e. The first kappa shape index (κ1) is 16.4. The molecule has 3 rings (SSSR count). The van der Waals surface area contributed by atoms with E-state index in [9.17, 15) is 14.0 Å². The van der Waals surface area contributed by atoms with Crippen LogP contribution >= 0.6 is 0 Å². The molecule has 1 aliphatic rings. The summed E-state index contributed by atoms with van der Waals surface area (Å²) < 4.78 is 13.2. The number of carbonyl (C=O) groups is 2. The number of hydrogen-bond acceptors (Lipinski definition) is 3. The second kappa shape index (κ2) is 6.60. The van der Waals surface area contributed by atoms with E-state index in [1.54, 1.807) is 12.1 Å². The Kier molecular flexibility index (Phi) is 4.53. The van der Waals surface area contributed by atoms with Crippen LogP contribution < -0.4 is 5.32 Å². The van der Waals surface area contributed by atoms with Gasteiger partial charge in [-0.15, -0.1) is 0 Å². The molecule has 0 saturated heterocycles. The predicted molar refractivity (Wildman–Crippen MR) is 87.4 cm³/mol. The van der Waals surface area contributed by atoms with Crippen LogP contribution in [0, 0.1) is 5.82 Å². The minimum atomic E-state index is -0.838. The van der Waals surface area contributed by atoms with Gasteiger partial charge in [-0.25, -0.2) is 4.39 Å². The van der Waals surface area contributed by atoms with Gasteiger partial charge in [-0.05, 0) is 43.7 Å². The number of aliphatic carboxylic acids is 1. The molecule has 7 heteroatoms. The molecule has 1 aliphatic carbocycles. The monoisotopic (exact) mass is 333 g/mol. The Bertz CT molecular complexity index is 768. The number of carbonyl (C=O) groups excluding carboxylic acids is 1. The first-order chi connectivity index (χ1) is 11.5. The number of halogens is 1. The molecular formula is C17H20FN3O3. The van der Waals surface area contributed by atoms with Crippen LogP contribution in [0.5, 0.6) is 0 Å². The number of aromatic amines is 1. The van der Waals surface area contributed by atoms with Gasteiger partial charge in [0.15, 0.2) is 0 Å². The van der Waals surface area contributed by atoms with E-state index in [1.165, 1.54) is 12.1 Å². The standard InChI is InChI=1S/C17H20FN3O3/c1-2-21(9-16(22)23)13-7-12(8-13)19-17(24)15-6-10-5-11(18)3-4-14(10)20-15/h3-6,12-13,20H,2,7-9H2,1H3,(H,19,24)(H,22,23). The van der Waals surface area contributed by atoms with Gasteiger partial charge in [0.2, 0.25) is 0 Å². The number of hydrogen-bond donors (Lipinski definition) is 3. The number of carboxylic acid groups (broad SMARTS) is 1. The second-order valence-electron chi connectivity index (χ2n) is 6.17. The highest BCUT2D eigenvalue weighted by atomic mass is 19.1. The molecule has 2 aromatic rings. The van der Waals surface area contributed by atoms with Crippen LogP contribution in [-0.2, 0) is 4.79 Å². The number of fused-ring (bicyclic) bond motifs is 1. The minimum absolute atomic E-state index is 0.0232. The molecule has 1 saturated carbocycles. The van der Waals surface area contributed by atoms with Gasteiger partial charge in [-0.3, -0.25) is 14.5 Å². The van der Waals surface area contributed by atoms with Gasteiger partial charge in [0, 0.05) is 23.0 Å². The highest BCUT2D eigenvalue weighted by Crippen LogP contribution is 2.26. The van der Waals surface area contributed by atoms with Crippen molar-refractivity contribution in [1.29, 1.82) is 0 Å². The molecule has 0 aliphatic heterocycles. The molecule has 0 unspecified atom stereocenters. The Labute approximate surface area is 138 Å². The SMILES string of the molecule is CCN(CC(=O)O)C1CC(NC(=O)c2cc3cc(F)ccc3[nH]2)C1. The first-order valence-corrected chi connectivity index (χ1v) is 8.01. The maximum absolute atomic E-state index is 13.2. The maximum atomic E-state index is 13.2. The summed E-state index contributed by atoms with van der Waals surface area (Å²) in [5, 5.41) is 12.5. The number of likely N-dealkylation sites (N-methyl/N-ethyl adjacent to an activating group) is 1. The van der Waals surface area contributed by atoms with Crippen LogP contribution in [-0.4, -0.2) is 52.0 Å². The van der Waals surface area contributed by atoms with Crippen molar-refractivity contribution in [1.82, 2.24) is 15.2 Å². The Morgan fingerprint density at radius 1 is 1.38 bits per heavy atom. The summed E-state index contributed by atoms with van der Waals surface area (Å²) in [5.74, 6) is -1.40. The Morgan fingerprint density at radius 2 is 2.12 bits per heavy atom. The zero-order valence-corrected chi connectivity index (χ0v) is 13.4. The lowest BCUT2D eigenvalue weighted by Gasteiger charge is -2.42. The van der Waals surface area contributed by atoms with Crippen molar-refractivity contribution >= 4 is 22.8 Å². The molecule has 128 valence electrons. The number of nitrogens with zero attached hydrogens (tertiary/aromatic N) is 1. The number of rotatable bonds is 6. The smallest absolute Gasteiger partial charge is 0.317 e. The van der Waals surface area contributed by atoms with Crippen molar-refractivity contribution in [2.75, 3.05) is 13.1 Å².